The van der Waals surface area contributed by atoms with Gasteiger partial charge in [0.25, 0.3) is 0 Å². The van der Waals surface area contributed by atoms with Gasteiger partial charge in [0.2, 0.25) is 0 Å². The van der Waals surface area contributed by atoms with Crippen LogP contribution in [-0.4, -0.2) is 39.5 Å². The number of nitrogens with one attached hydrogen (secondary N) is 1. The molecule has 0 aliphatic heterocycles. The highest BCUT2D eigenvalue weighted by Crippen LogP contribution is 2.34. The molecule has 2 rings (SSSR count). The second kappa shape index (κ2) is 7.14. The lowest BCUT2D eigenvalue weighted by molar-refractivity contribution is -0.0705. The molecule has 1 atom stereocenters. The zero-order valence-electron chi connectivity index (χ0n) is 13.6. The fourth-order valence-corrected chi connectivity index (χ4v) is 2.82. The third-order valence-corrected chi connectivity index (χ3v) is 4.46. The van der Waals surface area contributed by atoms with E-state index in [2.05, 4.69) is 18.3 Å². The maximum atomic E-state index is 5.64. The van der Waals surface area contributed by atoms with Gasteiger partial charge in [0.1, 0.15) is 0 Å². The Morgan fingerprint density at radius 3 is 2.38 bits per heavy atom. The van der Waals surface area contributed by atoms with Crippen LogP contribution in [0.5, 0.6) is 11.5 Å². The first-order valence-corrected chi connectivity index (χ1v) is 7.62. The zero-order valence-corrected chi connectivity index (χ0v) is 13.6. The van der Waals surface area contributed by atoms with Crippen molar-refractivity contribution in [2.45, 2.75) is 44.2 Å². The number of benzene rings is 1. The van der Waals surface area contributed by atoms with E-state index in [0.29, 0.717) is 6.04 Å². The van der Waals surface area contributed by atoms with E-state index in [1.165, 1.54) is 24.8 Å². The molecule has 0 aromatic heterocycles. The summed E-state index contributed by atoms with van der Waals surface area (Å²) < 4.78 is 16.3. The topological polar surface area (TPSA) is 39.7 Å². The molecule has 1 aliphatic rings. The van der Waals surface area contributed by atoms with Crippen LogP contribution < -0.4 is 14.8 Å². The first-order valence-electron chi connectivity index (χ1n) is 7.62. The van der Waals surface area contributed by atoms with Gasteiger partial charge in [-0.1, -0.05) is 6.07 Å². The normalized spacial score (nSPS) is 17.9. The maximum absolute atomic E-state index is 5.64. The molecule has 1 saturated carbocycles. The fraction of sp³-hybridized carbons (Fsp3) is 0.647. The van der Waals surface area contributed by atoms with Crippen LogP contribution in [0.15, 0.2) is 18.2 Å². The Labute approximate surface area is 127 Å². The molecule has 0 heterocycles. The first kappa shape index (κ1) is 16.1. The maximum Gasteiger partial charge on any atom is 0.160 e. The number of methoxy groups -OCH3 is 3. The van der Waals surface area contributed by atoms with Gasteiger partial charge in [0.15, 0.2) is 11.5 Å². The van der Waals surface area contributed by atoms with E-state index in [0.717, 1.165) is 24.5 Å². The highest BCUT2D eigenvalue weighted by molar-refractivity contribution is 5.43. The molecule has 1 unspecified atom stereocenters. The summed E-state index contributed by atoms with van der Waals surface area (Å²) in [6.07, 6.45) is 4.57. The predicted octanol–water partition coefficient (Wildman–Crippen LogP) is 2.79. The Balaban J connectivity index is 1.88. The molecule has 0 amide bonds. The summed E-state index contributed by atoms with van der Waals surface area (Å²) >= 11 is 0. The largest absolute Gasteiger partial charge is 0.493 e. The summed E-state index contributed by atoms with van der Waals surface area (Å²) in [4.78, 5) is 0. The SMILES string of the molecule is COc1ccc(CC(C)NCC2(OC)CCC2)cc1OC. The highest BCUT2D eigenvalue weighted by Gasteiger charge is 2.36. The second-order valence-corrected chi connectivity index (χ2v) is 5.92. The Hall–Kier alpha value is -1.26. The van der Waals surface area contributed by atoms with E-state index < -0.39 is 0 Å². The van der Waals surface area contributed by atoms with Gasteiger partial charge < -0.3 is 19.5 Å². The van der Waals surface area contributed by atoms with E-state index in [9.17, 15) is 0 Å². The Morgan fingerprint density at radius 1 is 1.14 bits per heavy atom. The lowest BCUT2D eigenvalue weighted by atomic mass is 9.80. The average molecular weight is 293 g/mol. The molecule has 1 aliphatic carbocycles. The van der Waals surface area contributed by atoms with Crippen LogP contribution in [0.1, 0.15) is 31.7 Å². The summed E-state index contributed by atoms with van der Waals surface area (Å²) in [5, 5.41) is 3.59. The molecular weight excluding hydrogens is 266 g/mol. The van der Waals surface area contributed by atoms with Crippen molar-refractivity contribution in [2.24, 2.45) is 0 Å². The van der Waals surface area contributed by atoms with Crippen LogP contribution in [0.3, 0.4) is 0 Å². The van der Waals surface area contributed by atoms with Crippen LogP contribution in [0, 0.1) is 0 Å². The van der Waals surface area contributed by atoms with Crippen LogP contribution >= 0.6 is 0 Å². The van der Waals surface area contributed by atoms with E-state index in [1.54, 1.807) is 14.2 Å². The van der Waals surface area contributed by atoms with Gasteiger partial charge in [-0.05, 0) is 50.3 Å². The van der Waals surface area contributed by atoms with Crippen molar-refractivity contribution in [2.75, 3.05) is 27.9 Å². The molecular formula is C17H27NO3. The fourth-order valence-electron chi connectivity index (χ4n) is 2.82. The number of hydrogen-bond acceptors (Lipinski definition) is 4. The molecule has 0 bridgehead atoms. The van der Waals surface area contributed by atoms with Crippen molar-refractivity contribution in [1.82, 2.24) is 5.32 Å². The van der Waals surface area contributed by atoms with Gasteiger partial charge in [-0.2, -0.15) is 0 Å². The molecule has 0 saturated heterocycles. The van der Waals surface area contributed by atoms with Crippen molar-refractivity contribution in [3.8, 4) is 11.5 Å². The summed E-state index contributed by atoms with van der Waals surface area (Å²) in [5.41, 5.74) is 1.32. The van der Waals surface area contributed by atoms with E-state index in [1.807, 2.05) is 19.2 Å². The molecule has 4 nitrogen and oxygen atoms in total. The number of ether oxygens (including phenoxy) is 3. The quantitative estimate of drug-likeness (QED) is 0.800. The average Bonchev–Trinajstić information content (AvgIpc) is 2.46. The lowest BCUT2D eigenvalue weighted by Crippen LogP contribution is -2.50. The van der Waals surface area contributed by atoms with Crippen LogP contribution in [0.25, 0.3) is 0 Å². The van der Waals surface area contributed by atoms with Crippen molar-refractivity contribution in [3.05, 3.63) is 23.8 Å². The van der Waals surface area contributed by atoms with Crippen LogP contribution in [-0.2, 0) is 11.2 Å². The van der Waals surface area contributed by atoms with Gasteiger partial charge in [-0.25, -0.2) is 0 Å². The van der Waals surface area contributed by atoms with Crippen LogP contribution in [0.2, 0.25) is 0 Å². The summed E-state index contributed by atoms with van der Waals surface area (Å²) in [7, 11) is 5.15. The minimum Gasteiger partial charge on any atom is -0.493 e. The Morgan fingerprint density at radius 2 is 1.86 bits per heavy atom. The molecule has 4 heteroatoms. The molecule has 1 fully saturated rings. The minimum absolute atomic E-state index is 0.0753. The summed E-state index contributed by atoms with van der Waals surface area (Å²) in [6.45, 7) is 3.14. The third-order valence-electron chi connectivity index (χ3n) is 4.46. The summed E-state index contributed by atoms with van der Waals surface area (Å²) in [6, 6.07) is 6.50. The predicted molar refractivity (Wildman–Crippen MR) is 84.3 cm³/mol. The molecule has 21 heavy (non-hydrogen) atoms. The smallest absolute Gasteiger partial charge is 0.160 e. The van der Waals surface area contributed by atoms with Crippen molar-refractivity contribution < 1.29 is 14.2 Å². The monoisotopic (exact) mass is 293 g/mol. The van der Waals surface area contributed by atoms with Crippen molar-refractivity contribution in [1.29, 1.82) is 0 Å². The van der Waals surface area contributed by atoms with Crippen molar-refractivity contribution >= 4 is 0 Å². The van der Waals surface area contributed by atoms with Gasteiger partial charge in [-0.15, -0.1) is 0 Å². The Kier molecular flexibility index (Phi) is 5.48. The van der Waals surface area contributed by atoms with E-state index in [4.69, 9.17) is 14.2 Å². The van der Waals surface area contributed by atoms with Gasteiger partial charge in [-0.3, -0.25) is 0 Å². The third kappa shape index (κ3) is 3.89. The molecule has 0 radical (unpaired) electrons. The standard InChI is InChI=1S/C17H27NO3/c1-13(18-12-17(21-4)8-5-9-17)10-14-6-7-15(19-2)16(11-14)20-3/h6-7,11,13,18H,5,8-10,12H2,1-4H3. The van der Waals surface area contributed by atoms with Gasteiger partial charge in [0, 0.05) is 19.7 Å². The Bertz CT molecular complexity index is 452. The highest BCUT2D eigenvalue weighted by atomic mass is 16.5. The molecule has 118 valence electrons. The van der Waals surface area contributed by atoms with Crippen molar-refractivity contribution in [3.63, 3.8) is 0 Å². The zero-order chi connectivity index (χ0) is 15.3. The van der Waals surface area contributed by atoms with Gasteiger partial charge in [0.05, 0.1) is 19.8 Å². The number of hydrogen-bond donors (Lipinski definition) is 1. The van der Waals surface area contributed by atoms with Gasteiger partial charge >= 0.3 is 0 Å². The summed E-state index contributed by atoms with van der Waals surface area (Å²) in [5.74, 6) is 1.56. The molecule has 1 aromatic carbocycles. The first-order chi connectivity index (χ1) is 10.1. The molecule has 0 spiro atoms. The molecule has 1 N–H and O–H groups in total. The lowest BCUT2D eigenvalue weighted by Gasteiger charge is -2.41. The molecule has 1 aromatic rings. The van der Waals surface area contributed by atoms with Crippen LogP contribution in [0.4, 0.5) is 0 Å². The van der Waals surface area contributed by atoms with E-state index >= 15 is 0 Å². The second-order valence-electron chi connectivity index (χ2n) is 5.92. The number of rotatable bonds is 8. The van der Waals surface area contributed by atoms with E-state index in [-0.39, 0.29) is 5.60 Å². The minimum atomic E-state index is 0.0753.